The van der Waals surface area contributed by atoms with Crippen LogP contribution in [0.2, 0.25) is 0 Å². The Balaban J connectivity index is 1.11. The van der Waals surface area contributed by atoms with Crippen molar-refractivity contribution in [2.24, 2.45) is 0 Å². The number of sulfonamides is 1. The normalized spacial score (nSPS) is 13.9. The fraction of sp³-hybridized carbons (Fsp3) is 0.219. The maximum Gasteiger partial charge on any atom is 0.261 e. The van der Waals surface area contributed by atoms with Crippen molar-refractivity contribution in [3.63, 3.8) is 0 Å². The molecule has 0 saturated carbocycles. The number of hydrogen-bond donors (Lipinski definition) is 2. The second kappa shape index (κ2) is 13.4. The van der Waals surface area contributed by atoms with Crippen LogP contribution in [0.15, 0.2) is 108 Å². The summed E-state index contributed by atoms with van der Waals surface area (Å²) < 4.78 is 28.8. The van der Waals surface area contributed by atoms with Crippen molar-refractivity contribution < 1.29 is 18.0 Å². The minimum atomic E-state index is -4.00. The molecule has 10 heteroatoms. The molecule has 1 fully saturated rings. The number of para-hydroxylation sites is 1. The number of anilines is 2. The molecule has 0 aliphatic carbocycles. The van der Waals surface area contributed by atoms with Crippen LogP contribution in [0.5, 0.6) is 0 Å². The van der Waals surface area contributed by atoms with Crippen molar-refractivity contribution in [3.8, 4) is 0 Å². The van der Waals surface area contributed by atoms with E-state index in [0.29, 0.717) is 17.7 Å². The van der Waals surface area contributed by atoms with Crippen molar-refractivity contribution >= 4 is 33.1 Å². The highest BCUT2D eigenvalue weighted by Gasteiger charge is 2.20. The predicted octanol–water partition coefficient (Wildman–Crippen LogP) is 4.06. The lowest BCUT2D eigenvalue weighted by molar-refractivity contribution is 0.0950. The molecular formula is C32H33N5O4S. The quantitative estimate of drug-likeness (QED) is 0.202. The molecule has 0 atom stereocenters. The summed E-state index contributed by atoms with van der Waals surface area (Å²) in [5.41, 5.74) is 2.46. The number of nitrogens with zero attached hydrogens (tertiary/aromatic N) is 3. The van der Waals surface area contributed by atoms with Gasteiger partial charge >= 0.3 is 0 Å². The average molecular weight is 584 g/mol. The van der Waals surface area contributed by atoms with E-state index in [9.17, 15) is 18.0 Å². The number of aromatic nitrogens is 1. The van der Waals surface area contributed by atoms with Gasteiger partial charge in [-0.05, 0) is 61.5 Å². The predicted molar refractivity (Wildman–Crippen MR) is 163 cm³/mol. The van der Waals surface area contributed by atoms with Crippen LogP contribution < -0.4 is 14.9 Å². The van der Waals surface area contributed by atoms with Gasteiger partial charge in [-0.1, -0.05) is 42.5 Å². The second-order valence-electron chi connectivity index (χ2n) is 10.0. The molecule has 1 aliphatic rings. The van der Waals surface area contributed by atoms with Gasteiger partial charge in [0.1, 0.15) is 0 Å². The van der Waals surface area contributed by atoms with Crippen molar-refractivity contribution in [3.05, 3.63) is 120 Å². The molecule has 0 bridgehead atoms. The van der Waals surface area contributed by atoms with Crippen molar-refractivity contribution in [1.82, 2.24) is 15.2 Å². The van der Waals surface area contributed by atoms with Gasteiger partial charge in [-0.25, -0.2) is 8.42 Å². The first-order valence-electron chi connectivity index (χ1n) is 13.9. The number of amides is 1. The van der Waals surface area contributed by atoms with Crippen molar-refractivity contribution in [2.75, 3.05) is 48.9 Å². The van der Waals surface area contributed by atoms with Crippen molar-refractivity contribution in [2.45, 2.75) is 11.3 Å². The first-order valence-corrected chi connectivity index (χ1v) is 15.4. The Morgan fingerprint density at radius 1 is 0.762 bits per heavy atom. The highest BCUT2D eigenvalue weighted by Crippen LogP contribution is 2.23. The lowest BCUT2D eigenvalue weighted by Crippen LogP contribution is -2.47. The standard InChI is InChI=1S/C32H33N5O4S/c38-31(25-7-2-1-3-8-25)29-9-4-5-10-30(29)35-42(40,41)28-13-11-26(12-14-28)32(39)34-17-6-20-36-21-23-37(24-22-36)27-15-18-33-19-16-27/h1-5,7-16,18-19,35H,6,17,20-24H2,(H,34,39). The van der Waals surface area contributed by atoms with E-state index in [0.717, 1.165) is 39.1 Å². The minimum absolute atomic E-state index is 0.00748. The van der Waals surface area contributed by atoms with Crippen LogP contribution in [0.25, 0.3) is 0 Å². The Labute approximate surface area is 246 Å². The zero-order chi connectivity index (χ0) is 29.4. The number of rotatable bonds is 11. The second-order valence-corrected chi connectivity index (χ2v) is 11.7. The molecule has 0 unspecified atom stereocenters. The molecule has 1 saturated heterocycles. The fourth-order valence-electron chi connectivity index (χ4n) is 4.90. The third kappa shape index (κ3) is 7.20. The third-order valence-electron chi connectivity index (χ3n) is 7.22. The third-order valence-corrected chi connectivity index (χ3v) is 8.60. The summed E-state index contributed by atoms with van der Waals surface area (Å²) in [6.45, 7) is 5.25. The zero-order valence-electron chi connectivity index (χ0n) is 23.1. The molecule has 2 heterocycles. The van der Waals surface area contributed by atoms with Crippen LogP contribution in [-0.4, -0.2) is 69.3 Å². The molecule has 42 heavy (non-hydrogen) atoms. The summed E-state index contributed by atoms with van der Waals surface area (Å²) in [6, 6.07) is 25.0. The van der Waals surface area contributed by atoms with E-state index >= 15 is 0 Å². The molecule has 3 aromatic carbocycles. The first-order chi connectivity index (χ1) is 20.4. The van der Waals surface area contributed by atoms with Crippen LogP contribution in [0, 0.1) is 0 Å². The highest BCUT2D eigenvalue weighted by atomic mass is 32.2. The van der Waals surface area contributed by atoms with E-state index in [4.69, 9.17) is 0 Å². The number of hydrogen-bond acceptors (Lipinski definition) is 7. The van der Waals surface area contributed by atoms with E-state index in [-0.39, 0.29) is 27.8 Å². The molecule has 0 radical (unpaired) electrons. The van der Waals surface area contributed by atoms with E-state index in [1.54, 1.807) is 48.5 Å². The number of nitrogens with one attached hydrogen (secondary N) is 2. The molecule has 9 nitrogen and oxygen atoms in total. The molecule has 1 aliphatic heterocycles. The Bertz CT molecular complexity index is 1610. The van der Waals surface area contributed by atoms with E-state index in [2.05, 4.69) is 24.8 Å². The van der Waals surface area contributed by atoms with E-state index in [1.807, 2.05) is 30.6 Å². The lowest BCUT2D eigenvalue weighted by atomic mass is 10.0. The number of ketones is 1. The molecule has 4 aromatic rings. The Morgan fingerprint density at radius 2 is 1.43 bits per heavy atom. The number of pyridine rings is 1. The maximum atomic E-state index is 13.1. The van der Waals surface area contributed by atoms with Gasteiger partial charge in [-0.2, -0.15) is 0 Å². The van der Waals surface area contributed by atoms with E-state index < -0.39 is 10.0 Å². The first kappa shape index (κ1) is 29.0. The van der Waals surface area contributed by atoms with Crippen LogP contribution >= 0.6 is 0 Å². The van der Waals surface area contributed by atoms with Gasteiger partial charge in [-0.15, -0.1) is 0 Å². The maximum absolute atomic E-state index is 13.1. The smallest absolute Gasteiger partial charge is 0.261 e. The summed E-state index contributed by atoms with van der Waals surface area (Å²) in [7, 11) is -4.00. The SMILES string of the molecule is O=C(NCCCN1CCN(c2ccncc2)CC1)c1ccc(S(=O)(=O)Nc2ccccc2C(=O)c2ccccc2)cc1. The summed E-state index contributed by atoms with van der Waals surface area (Å²) in [4.78, 5) is 34.5. The lowest BCUT2D eigenvalue weighted by Gasteiger charge is -2.36. The minimum Gasteiger partial charge on any atom is -0.369 e. The molecular weight excluding hydrogens is 550 g/mol. The van der Waals surface area contributed by atoms with Gasteiger partial charge in [-0.3, -0.25) is 24.2 Å². The molecule has 5 rings (SSSR count). The van der Waals surface area contributed by atoms with Gasteiger partial charge in [0.15, 0.2) is 5.78 Å². The molecule has 1 amide bonds. The molecule has 1 aromatic heterocycles. The Kier molecular flexibility index (Phi) is 9.25. The fourth-order valence-corrected chi connectivity index (χ4v) is 5.98. The number of piperazine rings is 1. The number of benzene rings is 3. The zero-order valence-corrected chi connectivity index (χ0v) is 24.0. The van der Waals surface area contributed by atoms with Crippen LogP contribution in [0.4, 0.5) is 11.4 Å². The summed E-state index contributed by atoms with van der Waals surface area (Å²) in [5, 5.41) is 2.92. The van der Waals surface area contributed by atoms with Gasteiger partial charge < -0.3 is 10.2 Å². The summed E-state index contributed by atoms with van der Waals surface area (Å²) in [6.07, 6.45) is 4.44. The summed E-state index contributed by atoms with van der Waals surface area (Å²) >= 11 is 0. The Hall–Kier alpha value is -4.54. The van der Waals surface area contributed by atoms with Gasteiger partial charge in [0.25, 0.3) is 15.9 Å². The van der Waals surface area contributed by atoms with Gasteiger partial charge in [0.2, 0.25) is 0 Å². The summed E-state index contributed by atoms with van der Waals surface area (Å²) in [5.74, 6) is -0.540. The number of carbonyl (C=O) groups excluding carboxylic acids is 2. The van der Waals surface area contributed by atoms with Gasteiger partial charge in [0.05, 0.1) is 10.6 Å². The van der Waals surface area contributed by atoms with Crippen molar-refractivity contribution in [1.29, 1.82) is 0 Å². The largest absolute Gasteiger partial charge is 0.369 e. The monoisotopic (exact) mass is 583 g/mol. The molecule has 0 spiro atoms. The van der Waals surface area contributed by atoms with Crippen LogP contribution in [-0.2, 0) is 10.0 Å². The Morgan fingerprint density at radius 3 is 2.14 bits per heavy atom. The van der Waals surface area contributed by atoms with Crippen LogP contribution in [0.3, 0.4) is 0 Å². The number of carbonyl (C=O) groups is 2. The highest BCUT2D eigenvalue weighted by molar-refractivity contribution is 7.92. The van der Waals surface area contributed by atoms with Gasteiger partial charge in [0, 0.05) is 67.5 Å². The molecule has 2 N–H and O–H groups in total. The topological polar surface area (TPSA) is 112 Å². The van der Waals surface area contributed by atoms with Crippen LogP contribution in [0.1, 0.15) is 32.7 Å². The van der Waals surface area contributed by atoms with E-state index in [1.165, 1.54) is 30.0 Å². The molecule has 216 valence electrons. The average Bonchev–Trinajstić information content (AvgIpc) is 3.04.